The van der Waals surface area contributed by atoms with Gasteiger partial charge in [-0.15, -0.1) is 0 Å². The third-order valence-electron chi connectivity index (χ3n) is 4.73. The number of hydrogen-bond donors (Lipinski definition) is 0. The van der Waals surface area contributed by atoms with Gasteiger partial charge >= 0.3 is 0 Å². The normalized spacial score (nSPS) is 23.1. The van der Waals surface area contributed by atoms with Crippen LogP contribution in [0.2, 0.25) is 0 Å². The summed E-state index contributed by atoms with van der Waals surface area (Å²) < 4.78 is 0. The number of allylic oxidation sites excluding steroid dienone is 2. The Morgan fingerprint density at radius 2 is 1.37 bits per heavy atom. The molecule has 0 bridgehead atoms. The van der Waals surface area contributed by atoms with Crippen LogP contribution in [0.4, 0.5) is 0 Å². The van der Waals surface area contributed by atoms with E-state index in [1.807, 2.05) is 0 Å². The van der Waals surface area contributed by atoms with Crippen LogP contribution in [0.15, 0.2) is 72.3 Å². The average molecular weight is 248 g/mol. The Morgan fingerprint density at radius 1 is 0.895 bits per heavy atom. The zero-order chi connectivity index (χ0) is 13.3. The van der Waals surface area contributed by atoms with Gasteiger partial charge in [0.25, 0.3) is 0 Å². The fraction of sp³-hybridized carbons (Fsp3) is 0.263. The van der Waals surface area contributed by atoms with E-state index in [9.17, 15) is 0 Å². The highest BCUT2D eigenvalue weighted by Crippen LogP contribution is 2.56. The third kappa shape index (κ3) is 1.74. The zero-order valence-corrected chi connectivity index (χ0v) is 11.6. The quantitative estimate of drug-likeness (QED) is 0.659. The van der Waals surface area contributed by atoms with Crippen LogP contribution >= 0.6 is 0 Å². The Labute approximate surface area is 115 Å². The van der Waals surface area contributed by atoms with E-state index < -0.39 is 0 Å². The molecule has 0 N–H and O–H groups in total. The lowest BCUT2D eigenvalue weighted by Gasteiger charge is -2.51. The lowest BCUT2D eigenvalue weighted by Crippen LogP contribution is -2.45. The van der Waals surface area contributed by atoms with E-state index in [0.717, 1.165) is 6.42 Å². The number of benzene rings is 2. The van der Waals surface area contributed by atoms with E-state index in [4.69, 9.17) is 0 Å². The van der Waals surface area contributed by atoms with Crippen molar-refractivity contribution in [2.24, 2.45) is 5.92 Å². The van der Waals surface area contributed by atoms with Gasteiger partial charge in [0, 0.05) is 5.41 Å². The molecule has 0 aliphatic heterocycles. The Balaban J connectivity index is 2.14. The molecule has 1 atom stereocenters. The SMILES string of the molecule is C/C=C1/CC(c2ccccc2)(c2ccccc2)[C@@H]1C. The summed E-state index contributed by atoms with van der Waals surface area (Å²) in [5.41, 5.74) is 4.64. The molecule has 0 unspecified atom stereocenters. The van der Waals surface area contributed by atoms with E-state index >= 15 is 0 Å². The van der Waals surface area contributed by atoms with Gasteiger partial charge in [-0.2, -0.15) is 0 Å². The molecule has 1 aliphatic rings. The predicted molar refractivity (Wildman–Crippen MR) is 81.2 cm³/mol. The van der Waals surface area contributed by atoms with Gasteiger partial charge in [-0.05, 0) is 30.4 Å². The summed E-state index contributed by atoms with van der Waals surface area (Å²) in [7, 11) is 0. The van der Waals surface area contributed by atoms with Crippen molar-refractivity contribution in [3.63, 3.8) is 0 Å². The first-order valence-electron chi connectivity index (χ1n) is 7.05. The lowest BCUT2D eigenvalue weighted by molar-refractivity contribution is 0.281. The topological polar surface area (TPSA) is 0 Å². The van der Waals surface area contributed by atoms with E-state index in [1.54, 1.807) is 5.57 Å². The van der Waals surface area contributed by atoms with Gasteiger partial charge in [0.1, 0.15) is 0 Å². The number of rotatable bonds is 2. The van der Waals surface area contributed by atoms with Crippen LogP contribution in [-0.4, -0.2) is 0 Å². The highest BCUT2D eigenvalue weighted by atomic mass is 14.5. The summed E-state index contributed by atoms with van der Waals surface area (Å²) >= 11 is 0. The van der Waals surface area contributed by atoms with E-state index in [1.165, 1.54) is 11.1 Å². The van der Waals surface area contributed by atoms with Crippen LogP contribution in [0.5, 0.6) is 0 Å². The smallest absolute Gasteiger partial charge is 0.0302 e. The van der Waals surface area contributed by atoms with Crippen molar-refractivity contribution in [2.75, 3.05) is 0 Å². The van der Waals surface area contributed by atoms with Gasteiger partial charge in [-0.3, -0.25) is 0 Å². The molecule has 0 spiro atoms. The van der Waals surface area contributed by atoms with E-state index in [0.29, 0.717) is 5.92 Å². The lowest BCUT2D eigenvalue weighted by atomic mass is 9.51. The van der Waals surface area contributed by atoms with Crippen LogP contribution in [-0.2, 0) is 5.41 Å². The van der Waals surface area contributed by atoms with Gasteiger partial charge in [-0.1, -0.05) is 79.2 Å². The van der Waals surface area contributed by atoms with Crippen molar-refractivity contribution >= 4 is 0 Å². The molecule has 1 aliphatic carbocycles. The number of hydrogen-bond acceptors (Lipinski definition) is 0. The predicted octanol–water partition coefficient (Wildman–Crippen LogP) is 4.96. The molecule has 0 saturated heterocycles. The molecule has 2 aromatic rings. The molecule has 0 radical (unpaired) electrons. The van der Waals surface area contributed by atoms with Crippen molar-refractivity contribution in [1.82, 2.24) is 0 Å². The maximum absolute atomic E-state index is 2.36. The largest absolute Gasteiger partial charge is 0.0881 e. The molecule has 0 aromatic heterocycles. The van der Waals surface area contributed by atoms with Crippen molar-refractivity contribution in [2.45, 2.75) is 25.7 Å². The molecule has 1 saturated carbocycles. The minimum atomic E-state index is 0.171. The van der Waals surface area contributed by atoms with Crippen LogP contribution in [0.3, 0.4) is 0 Å². The van der Waals surface area contributed by atoms with Gasteiger partial charge in [-0.25, -0.2) is 0 Å². The van der Waals surface area contributed by atoms with Crippen molar-refractivity contribution < 1.29 is 0 Å². The van der Waals surface area contributed by atoms with Crippen molar-refractivity contribution in [3.05, 3.63) is 83.4 Å². The monoisotopic (exact) mass is 248 g/mol. The first-order valence-corrected chi connectivity index (χ1v) is 7.05. The molecule has 2 aromatic carbocycles. The first kappa shape index (κ1) is 12.2. The Kier molecular flexibility index (Phi) is 3.02. The third-order valence-corrected chi connectivity index (χ3v) is 4.73. The summed E-state index contributed by atoms with van der Waals surface area (Å²) in [6, 6.07) is 21.9. The summed E-state index contributed by atoms with van der Waals surface area (Å²) in [5, 5.41) is 0. The minimum absolute atomic E-state index is 0.171. The fourth-order valence-corrected chi connectivity index (χ4v) is 3.51. The second kappa shape index (κ2) is 4.70. The zero-order valence-electron chi connectivity index (χ0n) is 11.6. The molecule has 0 heterocycles. The van der Waals surface area contributed by atoms with Crippen molar-refractivity contribution in [1.29, 1.82) is 0 Å². The summed E-state index contributed by atoms with van der Waals surface area (Å²) in [6.07, 6.45) is 3.44. The molecule has 96 valence electrons. The fourth-order valence-electron chi connectivity index (χ4n) is 3.51. The summed E-state index contributed by atoms with van der Waals surface area (Å²) in [6.45, 7) is 4.52. The standard InChI is InChI=1S/C19H20/c1-3-16-14-19(15(16)2,17-10-6-4-7-11-17)18-12-8-5-9-13-18/h3-13,15H,14H2,1-2H3/b16-3-/t15-/m1/s1. The molecule has 1 fully saturated rings. The highest BCUT2D eigenvalue weighted by molar-refractivity contribution is 5.49. The Hall–Kier alpha value is -1.82. The van der Waals surface area contributed by atoms with Crippen LogP contribution < -0.4 is 0 Å². The van der Waals surface area contributed by atoms with E-state index in [2.05, 4.69) is 80.6 Å². The summed E-state index contributed by atoms with van der Waals surface area (Å²) in [4.78, 5) is 0. The summed E-state index contributed by atoms with van der Waals surface area (Å²) in [5.74, 6) is 0.585. The van der Waals surface area contributed by atoms with Crippen LogP contribution in [0.1, 0.15) is 31.4 Å². The minimum Gasteiger partial charge on any atom is -0.0881 e. The second-order valence-electron chi connectivity index (χ2n) is 5.47. The van der Waals surface area contributed by atoms with Crippen LogP contribution in [0, 0.1) is 5.92 Å². The highest BCUT2D eigenvalue weighted by Gasteiger charge is 2.49. The molecule has 3 rings (SSSR count). The van der Waals surface area contributed by atoms with Gasteiger partial charge in [0.2, 0.25) is 0 Å². The Bertz CT molecular complexity index is 538. The van der Waals surface area contributed by atoms with Crippen molar-refractivity contribution in [3.8, 4) is 0 Å². The first-order chi connectivity index (χ1) is 9.29. The second-order valence-corrected chi connectivity index (χ2v) is 5.47. The molecule has 19 heavy (non-hydrogen) atoms. The van der Waals surface area contributed by atoms with Gasteiger partial charge < -0.3 is 0 Å². The molecular formula is C19H20. The Morgan fingerprint density at radius 3 is 1.74 bits per heavy atom. The maximum Gasteiger partial charge on any atom is 0.0302 e. The molecule has 0 amide bonds. The molecule has 0 nitrogen and oxygen atoms in total. The molecule has 0 heteroatoms. The van der Waals surface area contributed by atoms with Gasteiger partial charge in [0.15, 0.2) is 0 Å². The average Bonchev–Trinajstić information content (AvgIpc) is 2.49. The van der Waals surface area contributed by atoms with Gasteiger partial charge in [0.05, 0.1) is 0 Å². The molecular weight excluding hydrogens is 228 g/mol. The maximum atomic E-state index is 2.36. The van der Waals surface area contributed by atoms with E-state index in [-0.39, 0.29) is 5.41 Å². The van der Waals surface area contributed by atoms with Crippen LogP contribution in [0.25, 0.3) is 0 Å².